The Morgan fingerprint density at radius 1 is 1.11 bits per heavy atom. The first-order chi connectivity index (χ1) is 12.9. The molecule has 2 aliphatic rings. The third-order valence-corrected chi connectivity index (χ3v) is 6.75. The van der Waals surface area contributed by atoms with E-state index in [9.17, 15) is 8.78 Å². The fourth-order valence-corrected chi connectivity index (χ4v) is 5.43. The van der Waals surface area contributed by atoms with Gasteiger partial charge in [0.05, 0.1) is 28.1 Å². The van der Waals surface area contributed by atoms with Crippen LogP contribution in [0.1, 0.15) is 55.3 Å². The number of hydrogen-bond donors (Lipinski definition) is 0. The molecule has 27 heavy (non-hydrogen) atoms. The molecule has 6 heteroatoms. The summed E-state index contributed by atoms with van der Waals surface area (Å²) in [5, 5.41) is 8.72. The predicted octanol–water partition coefficient (Wildman–Crippen LogP) is 4.92. The second kappa shape index (κ2) is 5.21. The largest absolute Gasteiger partial charge is 0.448 e. The molecule has 0 unspecified atom stereocenters. The molecule has 3 aromatic rings. The quantitative estimate of drug-likeness (QED) is 0.645. The molecule has 2 aliphatic carbocycles. The number of fused-ring (bicyclic) bond motifs is 5. The van der Waals surface area contributed by atoms with Crippen LogP contribution in [0.2, 0.25) is 0 Å². The van der Waals surface area contributed by atoms with Crippen molar-refractivity contribution >= 4 is 0 Å². The van der Waals surface area contributed by atoms with Crippen molar-refractivity contribution in [3.63, 3.8) is 0 Å². The van der Waals surface area contributed by atoms with Crippen molar-refractivity contribution in [1.29, 1.82) is 0 Å². The Labute approximate surface area is 155 Å². The van der Waals surface area contributed by atoms with Crippen LogP contribution in [-0.2, 0) is 5.41 Å². The van der Waals surface area contributed by atoms with E-state index in [0.717, 1.165) is 35.6 Å². The van der Waals surface area contributed by atoms with Crippen LogP contribution in [0, 0.1) is 24.0 Å². The van der Waals surface area contributed by atoms with E-state index in [2.05, 4.69) is 29.0 Å². The number of hydrogen-bond acceptors (Lipinski definition) is 4. The minimum atomic E-state index is -0.631. The first kappa shape index (κ1) is 16.5. The number of aromatic nitrogens is 3. The Bertz CT molecular complexity index is 1050. The van der Waals surface area contributed by atoms with Crippen molar-refractivity contribution in [3.05, 3.63) is 65.0 Å². The van der Waals surface area contributed by atoms with Crippen LogP contribution in [0.3, 0.4) is 0 Å². The Kier molecular flexibility index (Phi) is 3.19. The van der Waals surface area contributed by atoms with Crippen molar-refractivity contribution in [2.75, 3.05) is 0 Å². The van der Waals surface area contributed by atoms with E-state index in [1.54, 1.807) is 0 Å². The summed E-state index contributed by atoms with van der Waals surface area (Å²) in [7, 11) is 0. The highest BCUT2D eigenvalue weighted by atomic mass is 19.1. The lowest BCUT2D eigenvalue weighted by molar-refractivity contribution is 0.241. The van der Waals surface area contributed by atoms with Crippen LogP contribution in [0.4, 0.5) is 8.78 Å². The van der Waals surface area contributed by atoms with Crippen LogP contribution >= 0.6 is 0 Å². The van der Waals surface area contributed by atoms with Gasteiger partial charge in [-0.15, -0.1) is 5.10 Å². The fraction of sp³-hybridized carbons (Fsp3) is 0.381. The number of benzene rings is 1. The zero-order chi connectivity index (χ0) is 19.0. The van der Waals surface area contributed by atoms with E-state index in [4.69, 9.17) is 4.42 Å². The van der Waals surface area contributed by atoms with E-state index in [0.29, 0.717) is 0 Å². The maximum Gasteiger partial charge on any atom is 0.181 e. The summed E-state index contributed by atoms with van der Waals surface area (Å²) in [6.45, 7) is 6.34. The Hall–Kier alpha value is -2.63. The molecule has 1 fully saturated rings. The molecule has 0 radical (unpaired) electrons. The summed E-state index contributed by atoms with van der Waals surface area (Å²) in [6.07, 6.45) is 3.35. The maximum atomic E-state index is 14.2. The molecule has 0 aliphatic heterocycles. The van der Waals surface area contributed by atoms with Crippen molar-refractivity contribution in [2.24, 2.45) is 5.41 Å². The van der Waals surface area contributed by atoms with Crippen LogP contribution in [0.15, 0.2) is 35.1 Å². The summed E-state index contributed by atoms with van der Waals surface area (Å²) in [4.78, 5) is 4.52. The van der Waals surface area contributed by atoms with Crippen molar-refractivity contribution in [2.45, 2.75) is 44.9 Å². The summed E-state index contributed by atoms with van der Waals surface area (Å²) in [5.74, 6) is -0.252. The highest BCUT2D eigenvalue weighted by Gasteiger charge is 2.65. The first-order valence-corrected chi connectivity index (χ1v) is 9.11. The Morgan fingerprint density at radius 2 is 1.85 bits per heavy atom. The topological polar surface area (TPSA) is 51.8 Å². The summed E-state index contributed by atoms with van der Waals surface area (Å²) in [5.41, 5.74) is 2.36. The van der Waals surface area contributed by atoms with Gasteiger partial charge in [0, 0.05) is 0 Å². The first-order valence-electron chi connectivity index (χ1n) is 9.11. The zero-order valence-electron chi connectivity index (χ0n) is 15.4. The number of aryl methyl sites for hydroxylation is 1. The van der Waals surface area contributed by atoms with Gasteiger partial charge < -0.3 is 4.42 Å². The average Bonchev–Trinajstić information content (AvgIpc) is 3.22. The van der Waals surface area contributed by atoms with Crippen LogP contribution < -0.4 is 0 Å². The van der Waals surface area contributed by atoms with Gasteiger partial charge in [-0.2, -0.15) is 5.10 Å². The molecule has 4 nitrogen and oxygen atoms in total. The molecule has 5 rings (SSSR count). The molecule has 138 valence electrons. The lowest BCUT2D eigenvalue weighted by Gasteiger charge is -2.36. The highest BCUT2D eigenvalue weighted by molar-refractivity contribution is 5.64. The molecule has 2 aromatic heterocycles. The summed E-state index contributed by atoms with van der Waals surface area (Å²) in [6, 6.07) is 5.64. The van der Waals surface area contributed by atoms with Crippen molar-refractivity contribution in [1.82, 2.24) is 15.2 Å². The average molecular weight is 367 g/mol. The van der Waals surface area contributed by atoms with Gasteiger partial charge in [-0.3, -0.25) is 0 Å². The van der Waals surface area contributed by atoms with E-state index >= 15 is 0 Å². The smallest absolute Gasteiger partial charge is 0.181 e. The molecule has 2 bridgehead atoms. The molecule has 0 spiro atoms. The molecular formula is C21H19F2N3O. The summed E-state index contributed by atoms with van der Waals surface area (Å²) >= 11 is 0. The SMILES string of the molecule is Cc1ocnc1[C@]12CC[C@H](c3cc(-c4c(F)cccc4F)nnc31)C2(C)C. The van der Waals surface area contributed by atoms with Gasteiger partial charge in [-0.25, -0.2) is 13.8 Å². The molecule has 2 heterocycles. The van der Waals surface area contributed by atoms with E-state index in [-0.39, 0.29) is 28.0 Å². The molecule has 0 saturated heterocycles. The second-order valence-corrected chi connectivity index (χ2v) is 8.11. The third-order valence-electron chi connectivity index (χ3n) is 6.75. The lowest BCUT2D eigenvalue weighted by atomic mass is 9.66. The van der Waals surface area contributed by atoms with Gasteiger partial charge in [-0.05, 0) is 54.9 Å². The van der Waals surface area contributed by atoms with Crippen LogP contribution in [0.25, 0.3) is 11.3 Å². The van der Waals surface area contributed by atoms with Gasteiger partial charge in [0.2, 0.25) is 0 Å². The molecule has 1 aromatic carbocycles. The van der Waals surface area contributed by atoms with Crippen LogP contribution in [-0.4, -0.2) is 15.2 Å². The molecule has 0 N–H and O–H groups in total. The third kappa shape index (κ3) is 1.88. The van der Waals surface area contributed by atoms with Gasteiger partial charge in [0.25, 0.3) is 0 Å². The minimum absolute atomic E-state index is 0.125. The number of nitrogens with zero attached hydrogens (tertiary/aromatic N) is 3. The Morgan fingerprint density at radius 3 is 2.52 bits per heavy atom. The number of oxazole rings is 1. The van der Waals surface area contributed by atoms with E-state index < -0.39 is 11.6 Å². The fourth-order valence-electron chi connectivity index (χ4n) is 5.43. The molecular weight excluding hydrogens is 348 g/mol. The monoisotopic (exact) mass is 367 g/mol. The van der Waals surface area contributed by atoms with Crippen molar-refractivity contribution in [3.8, 4) is 11.3 Å². The molecule has 0 amide bonds. The van der Waals surface area contributed by atoms with Gasteiger partial charge >= 0.3 is 0 Å². The van der Waals surface area contributed by atoms with Gasteiger partial charge in [0.1, 0.15) is 17.4 Å². The lowest BCUT2D eigenvalue weighted by Crippen LogP contribution is -2.37. The Balaban J connectivity index is 1.75. The number of halogens is 2. The van der Waals surface area contributed by atoms with Crippen molar-refractivity contribution < 1.29 is 13.2 Å². The zero-order valence-corrected chi connectivity index (χ0v) is 15.4. The van der Waals surface area contributed by atoms with Crippen LogP contribution in [0.5, 0.6) is 0 Å². The normalized spacial score (nSPS) is 25.0. The maximum absolute atomic E-state index is 14.2. The second-order valence-electron chi connectivity index (χ2n) is 8.11. The van der Waals surface area contributed by atoms with Gasteiger partial charge in [-0.1, -0.05) is 19.9 Å². The predicted molar refractivity (Wildman–Crippen MR) is 95.2 cm³/mol. The standard InChI is InChI=1S/C21H19F2N3O/c1-11-18(24-10-27-11)21-8-7-13(20(21,2)3)12-9-16(25-26-19(12)21)17-14(22)5-4-6-15(17)23/h4-6,9-10,13H,7-8H2,1-3H3/t13-,21-/m1/s1. The summed E-state index contributed by atoms with van der Waals surface area (Å²) < 4.78 is 34.0. The molecule has 1 saturated carbocycles. The molecule has 2 atom stereocenters. The highest BCUT2D eigenvalue weighted by Crippen LogP contribution is 2.69. The van der Waals surface area contributed by atoms with E-state index in [1.807, 2.05) is 13.0 Å². The van der Waals surface area contributed by atoms with E-state index in [1.165, 1.54) is 24.6 Å². The van der Waals surface area contributed by atoms with Gasteiger partial charge in [0.15, 0.2) is 6.39 Å². The number of rotatable bonds is 2. The minimum Gasteiger partial charge on any atom is -0.448 e.